The lowest BCUT2D eigenvalue weighted by molar-refractivity contribution is 1.07. The van der Waals surface area contributed by atoms with Crippen molar-refractivity contribution in [1.29, 1.82) is 0 Å². The standard InChI is InChI=1S/C26H15NS/c1-2-4-16(5-3-1)27-17-10-6-14-8-12-19-25-21(14)23(17)24-18(27)11-7-15-9-13-20(28-19)26(25)22(15)24/h1-6,8-13,19H,7H2. The maximum absolute atomic E-state index is 2.48. The number of hydrogen-bond acceptors (Lipinski definition) is 1. The first-order valence-corrected chi connectivity index (χ1v) is 10.8. The maximum Gasteiger partial charge on any atom is 0.0547 e. The second-order valence-corrected chi connectivity index (χ2v) is 9.23. The molecule has 0 bridgehead atoms. The fraction of sp³-hybridized carbons (Fsp3) is 0.0769. The Morgan fingerprint density at radius 2 is 1.75 bits per heavy atom. The summed E-state index contributed by atoms with van der Waals surface area (Å²) >= 11 is 2.02. The molecule has 1 atom stereocenters. The third-order valence-electron chi connectivity index (χ3n) is 6.76. The summed E-state index contributed by atoms with van der Waals surface area (Å²) in [5.41, 5.74) is 7.02. The van der Waals surface area contributed by atoms with E-state index in [2.05, 4.69) is 77.4 Å². The third kappa shape index (κ3) is 1.41. The van der Waals surface area contributed by atoms with E-state index in [-0.39, 0.29) is 0 Å². The van der Waals surface area contributed by atoms with E-state index in [1.165, 1.54) is 59.5 Å². The van der Waals surface area contributed by atoms with Gasteiger partial charge < -0.3 is 4.57 Å². The predicted molar refractivity (Wildman–Crippen MR) is 119 cm³/mol. The lowest BCUT2D eigenvalue weighted by atomic mass is 9.84. The van der Waals surface area contributed by atoms with Crippen LogP contribution in [0.25, 0.3) is 50.3 Å². The van der Waals surface area contributed by atoms with Crippen molar-refractivity contribution in [3.63, 3.8) is 0 Å². The molecule has 0 spiro atoms. The number of benzene rings is 4. The third-order valence-corrected chi connectivity index (χ3v) is 8.01. The highest BCUT2D eigenvalue weighted by Gasteiger charge is 2.33. The molecule has 28 heavy (non-hydrogen) atoms. The summed E-state index contributed by atoms with van der Waals surface area (Å²) in [6.45, 7) is 0. The Bertz CT molecular complexity index is 1600. The lowest BCUT2D eigenvalue weighted by Gasteiger charge is -2.19. The minimum Gasteiger partial charge on any atom is -0.310 e. The normalized spacial score (nSPS) is 18.2. The smallest absolute Gasteiger partial charge is 0.0547 e. The van der Waals surface area contributed by atoms with Crippen LogP contribution in [0.3, 0.4) is 0 Å². The van der Waals surface area contributed by atoms with E-state index < -0.39 is 0 Å². The van der Waals surface area contributed by atoms with Crippen LogP contribution in [0.15, 0.2) is 65.6 Å². The molecule has 5 aromatic rings. The first-order valence-electron chi connectivity index (χ1n) is 9.89. The van der Waals surface area contributed by atoms with E-state index >= 15 is 0 Å². The number of rotatable bonds is 1. The molecule has 2 aliphatic carbocycles. The molecule has 0 fully saturated rings. The van der Waals surface area contributed by atoms with Gasteiger partial charge in [0.15, 0.2) is 0 Å². The Morgan fingerprint density at radius 3 is 2.68 bits per heavy atom. The van der Waals surface area contributed by atoms with Gasteiger partial charge in [0.2, 0.25) is 0 Å². The van der Waals surface area contributed by atoms with Gasteiger partial charge in [-0.15, -0.1) is 11.8 Å². The Kier molecular flexibility index (Phi) is 2.28. The average Bonchev–Trinajstić information content (AvgIpc) is 3.30. The topological polar surface area (TPSA) is 4.93 Å². The molecule has 0 saturated heterocycles. The van der Waals surface area contributed by atoms with Gasteiger partial charge >= 0.3 is 0 Å². The maximum atomic E-state index is 2.48. The summed E-state index contributed by atoms with van der Waals surface area (Å²) in [4.78, 5) is 1.46. The Hall–Kier alpha value is -2.97. The van der Waals surface area contributed by atoms with E-state index in [1.807, 2.05) is 11.8 Å². The molecule has 4 aromatic carbocycles. The van der Waals surface area contributed by atoms with Crippen LogP contribution in [0.5, 0.6) is 0 Å². The van der Waals surface area contributed by atoms with Crippen LogP contribution in [0, 0.1) is 0 Å². The van der Waals surface area contributed by atoms with Crippen molar-refractivity contribution < 1.29 is 0 Å². The van der Waals surface area contributed by atoms with Crippen molar-refractivity contribution in [3.05, 3.63) is 82.7 Å². The van der Waals surface area contributed by atoms with Crippen molar-refractivity contribution in [2.45, 2.75) is 16.6 Å². The van der Waals surface area contributed by atoms with E-state index in [0.29, 0.717) is 5.25 Å². The second-order valence-electron chi connectivity index (χ2n) is 8.05. The molecule has 2 heteroatoms. The van der Waals surface area contributed by atoms with Crippen LogP contribution in [0.2, 0.25) is 0 Å². The van der Waals surface area contributed by atoms with Crippen LogP contribution >= 0.6 is 11.8 Å². The van der Waals surface area contributed by atoms with Crippen molar-refractivity contribution in [1.82, 2.24) is 4.57 Å². The summed E-state index contributed by atoms with van der Waals surface area (Å²) in [7, 11) is 0. The summed E-state index contributed by atoms with van der Waals surface area (Å²) in [5, 5.41) is 9.29. The van der Waals surface area contributed by atoms with Crippen LogP contribution in [-0.4, -0.2) is 4.57 Å². The minimum atomic E-state index is 0.460. The molecule has 0 saturated carbocycles. The molecule has 8 rings (SSSR count). The van der Waals surface area contributed by atoms with Gasteiger partial charge in [-0.25, -0.2) is 0 Å². The highest BCUT2D eigenvalue weighted by Crippen LogP contribution is 2.57. The Balaban J connectivity index is 1.77. The quantitative estimate of drug-likeness (QED) is 0.318. The molecule has 1 aromatic heterocycles. The van der Waals surface area contributed by atoms with Gasteiger partial charge in [0.1, 0.15) is 0 Å². The van der Waals surface area contributed by atoms with E-state index in [1.54, 1.807) is 5.56 Å². The number of hydrogen-bond donors (Lipinski definition) is 0. The van der Waals surface area contributed by atoms with Gasteiger partial charge in [-0.2, -0.15) is 0 Å². The molecular formula is C26H15NS. The van der Waals surface area contributed by atoms with E-state index in [9.17, 15) is 0 Å². The van der Waals surface area contributed by atoms with E-state index in [0.717, 1.165) is 6.42 Å². The van der Waals surface area contributed by atoms with Gasteiger partial charge in [0.25, 0.3) is 0 Å². The van der Waals surface area contributed by atoms with Gasteiger partial charge in [0.05, 0.1) is 16.1 Å². The molecule has 0 N–H and O–H groups in total. The van der Waals surface area contributed by atoms with Crippen LogP contribution in [-0.2, 0) is 6.42 Å². The summed E-state index contributed by atoms with van der Waals surface area (Å²) in [5.74, 6) is 0. The van der Waals surface area contributed by atoms with Crippen LogP contribution < -0.4 is 5.35 Å². The zero-order chi connectivity index (χ0) is 18.0. The van der Waals surface area contributed by atoms with E-state index in [4.69, 9.17) is 0 Å². The number of nitrogens with zero attached hydrogens (tertiary/aromatic N) is 1. The van der Waals surface area contributed by atoms with Crippen molar-refractivity contribution >= 4 is 56.4 Å². The van der Waals surface area contributed by atoms with Crippen molar-refractivity contribution in [3.8, 4) is 5.69 Å². The summed E-state index contributed by atoms with van der Waals surface area (Å²) in [6, 6.07) is 20.2. The number of para-hydroxylation sites is 1. The first-order chi connectivity index (χ1) is 13.9. The summed E-state index contributed by atoms with van der Waals surface area (Å²) in [6.07, 6.45) is 8.19. The van der Waals surface area contributed by atoms with Crippen LogP contribution in [0.4, 0.5) is 0 Å². The molecule has 3 aliphatic rings. The van der Waals surface area contributed by atoms with Crippen molar-refractivity contribution in [2.75, 3.05) is 0 Å². The lowest BCUT2D eigenvalue weighted by Crippen LogP contribution is -2.17. The highest BCUT2D eigenvalue weighted by molar-refractivity contribution is 8.00. The minimum absolute atomic E-state index is 0.460. The number of aromatic nitrogens is 1. The SMILES string of the molecule is C1=CC2Sc3ccc4c5c3c2c2c1ccc1c2c5c(n1-c1ccccc1)=CC4. The van der Waals surface area contributed by atoms with Crippen molar-refractivity contribution in [2.24, 2.45) is 0 Å². The van der Waals surface area contributed by atoms with Gasteiger partial charge in [-0.1, -0.05) is 48.6 Å². The molecule has 2 heterocycles. The zero-order valence-corrected chi connectivity index (χ0v) is 15.9. The highest BCUT2D eigenvalue weighted by atomic mass is 32.2. The predicted octanol–water partition coefficient (Wildman–Crippen LogP) is 6.17. The average molecular weight is 373 g/mol. The molecule has 1 nitrogen and oxygen atoms in total. The Labute approximate surface area is 165 Å². The number of thioether (sulfide) groups is 1. The fourth-order valence-electron chi connectivity index (χ4n) is 5.73. The molecular weight excluding hydrogens is 358 g/mol. The van der Waals surface area contributed by atoms with Gasteiger partial charge in [-0.3, -0.25) is 0 Å². The molecule has 1 unspecified atom stereocenters. The zero-order valence-electron chi connectivity index (χ0n) is 15.1. The largest absolute Gasteiger partial charge is 0.310 e. The fourth-order valence-corrected chi connectivity index (χ4v) is 6.99. The molecule has 0 amide bonds. The Morgan fingerprint density at radius 1 is 0.821 bits per heavy atom. The van der Waals surface area contributed by atoms with Crippen LogP contribution in [0.1, 0.15) is 21.9 Å². The molecule has 0 radical (unpaired) electrons. The monoisotopic (exact) mass is 373 g/mol. The van der Waals surface area contributed by atoms with Gasteiger partial charge in [-0.05, 0) is 58.1 Å². The van der Waals surface area contributed by atoms with Gasteiger partial charge in [0, 0.05) is 26.7 Å². The second kappa shape index (κ2) is 4.53. The molecule has 1 aliphatic heterocycles. The molecule has 130 valence electrons. The first kappa shape index (κ1) is 14.1. The summed E-state index contributed by atoms with van der Waals surface area (Å²) < 4.78 is 2.48.